The first-order valence-electron chi connectivity index (χ1n) is 9.41. The molecule has 2 N–H and O–H groups in total. The van der Waals surface area contributed by atoms with Crippen molar-refractivity contribution in [3.8, 4) is 11.1 Å². The Labute approximate surface area is 175 Å². The predicted molar refractivity (Wildman–Crippen MR) is 113 cm³/mol. The summed E-state index contributed by atoms with van der Waals surface area (Å²) in [6.45, 7) is 1.89. The van der Waals surface area contributed by atoms with Gasteiger partial charge in [0.2, 0.25) is 5.91 Å². The lowest BCUT2D eigenvalue weighted by Gasteiger charge is -2.12. The zero-order chi connectivity index (χ0) is 21.7. The molecule has 0 atom stereocenters. The summed E-state index contributed by atoms with van der Waals surface area (Å²) in [5.41, 5.74) is 9.05. The average molecular weight is 427 g/mol. The minimum absolute atomic E-state index is 0.0106. The van der Waals surface area contributed by atoms with Crippen LogP contribution in [0.25, 0.3) is 11.1 Å². The van der Waals surface area contributed by atoms with Gasteiger partial charge in [-0.25, -0.2) is 4.39 Å². The van der Waals surface area contributed by atoms with Crippen LogP contribution in [0.1, 0.15) is 27.9 Å². The first-order chi connectivity index (χ1) is 14.3. The molecule has 0 spiro atoms. The largest absolute Gasteiger partial charge is 0.366 e. The first kappa shape index (κ1) is 21.7. The van der Waals surface area contributed by atoms with Crippen LogP contribution in [0.3, 0.4) is 0 Å². The Kier molecular flexibility index (Phi) is 6.64. The van der Waals surface area contributed by atoms with Gasteiger partial charge < -0.3 is 5.73 Å². The lowest BCUT2D eigenvalue weighted by Crippen LogP contribution is -2.11. The van der Waals surface area contributed by atoms with Crippen molar-refractivity contribution < 1.29 is 21.8 Å². The zero-order valence-electron chi connectivity index (χ0n) is 16.5. The standard InChI is InChI=1S/C23H22FNO4S/c1-16-4-12-21(13-5-16)30(27,28)29-14-2-3-17-6-7-19(23(25)26)15-22(17)18-8-10-20(24)11-9-18/h4-13,15H,2-3,14H2,1H3,(H2,25,26). The van der Waals surface area contributed by atoms with Gasteiger partial charge >= 0.3 is 0 Å². The maximum Gasteiger partial charge on any atom is 0.296 e. The molecule has 0 radical (unpaired) electrons. The van der Waals surface area contributed by atoms with Crippen molar-refractivity contribution in [2.24, 2.45) is 5.73 Å². The highest BCUT2D eigenvalue weighted by molar-refractivity contribution is 7.86. The number of primary amides is 1. The molecule has 3 aromatic rings. The van der Waals surface area contributed by atoms with E-state index >= 15 is 0 Å². The first-order valence-corrected chi connectivity index (χ1v) is 10.8. The second kappa shape index (κ2) is 9.19. The van der Waals surface area contributed by atoms with Crippen molar-refractivity contribution in [1.82, 2.24) is 0 Å². The number of nitrogens with two attached hydrogens (primary N) is 1. The summed E-state index contributed by atoms with van der Waals surface area (Å²) in [6, 6.07) is 17.4. The number of benzene rings is 3. The molecule has 0 fully saturated rings. The molecule has 0 saturated heterocycles. The lowest BCUT2D eigenvalue weighted by atomic mass is 9.94. The van der Waals surface area contributed by atoms with E-state index in [9.17, 15) is 17.6 Å². The Morgan fingerprint density at radius 3 is 2.30 bits per heavy atom. The third kappa shape index (κ3) is 5.31. The summed E-state index contributed by atoms with van der Waals surface area (Å²) in [7, 11) is -3.82. The Balaban J connectivity index is 1.72. The van der Waals surface area contributed by atoms with Crippen LogP contribution in [0.2, 0.25) is 0 Å². The molecule has 0 aromatic heterocycles. The van der Waals surface area contributed by atoms with Crippen LogP contribution < -0.4 is 5.73 Å². The third-order valence-electron chi connectivity index (χ3n) is 4.69. The highest BCUT2D eigenvalue weighted by atomic mass is 32.2. The summed E-state index contributed by atoms with van der Waals surface area (Å²) in [6.07, 6.45) is 0.949. The maximum absolute atomic E-state index is 13.3. The normalized spacial score (nSPS) is 11.4. The van der Waals surface area contributed by atoms with E-state index in [1.807, 2.05) is 6.92 Å². The monoisotopic (exact) mass is 427 g/mol. The van der Waals surface area contributed by atoms with Crippen LogP contribution in [0, 0.1) is 12.7 Å². The van der Waals surface area contributed by atoms with Gasteiger partial charge in [0.15, 0.2) is 0 Å². The SMILES string of the molecule is Cc1ccc(S(=O)(=O)OCCCc2ccc(C(N)=O)cc2-c2ccc(F)cc2)cc1. The Hall–Kier alpha value is -3.03. The van der Waals surface area contributed by atoms with Crippen LogP contribution >= 0.6 is 0 Å². The number of carbonyl (C=O) groups excluding carboxylic acids is 1. The van der Waals surface area contributed by atoms with E-state index in [1.165, 1.54) is 24.3 Å². The van der Waals surface area contributed by atoms with Gasteiger partial charge in [-0.15, -0.1) is 0 Å². The highest BCUT2D eigenvalue weighted by Crippen LogP contribution is 2.27. The molecule has 156 valence electrons. The lowest BCUT2D eigenvalue weighted by molar-refractivity contribution is 0.1000. The quantitative estimate of drug-likeness (QED) is 0.430. The van der Waals surface area contributed by atoms with Crippen molar-refractivity contribution in [2.75, 3.05) is 6.61 Å². The molecule has 0 aliphatic rings. The molecule has 0 unspecified atom stereocenters. The van der Waals surface area contributed by atoms with E-state index in [4.69, 9.17) is 9.92 Å². The number of halogens is 1. The van der Waals surface area contributed by atoms with Crippen LogP contribution in [0.4, 0.5) is 4.39 Å². The van der Waals surface area contributed by atoms with Gasteiger partial charge in [-0.2, -0.15) is 8.42 Å². The highest BCUT2D eigenvalue weighted by Gasteiger charge is 2.15. The summed E-state index contributed by atoms with van der Waals surface area (Å²) in [5.74, 6) is -0.918. The molecular formula is C23H22FNO4S. The topological polar surface area (TPSA) is 86.5 Å². The van der Waals surface area contributed by atoms with Gasteiger partial charge in [0.05, 0.1) is 11.5 Å². The smallest absolute Gasteiger partial charge is 0.296 e. The van der Waals surface area contributed by atoms with E-state index in [2.05, 4.69) is 0 Å². The molecule has 30 heavy (non-hydrogen) atoms. The summed E-state index contributed by atoms with van der Waals surface area (Å²) in [4.78, 5) is 11.7. The van der Waals surface area contributed by atoms with Gasteiger partial charge in [-0.1, -0.05) is 35.9 Å². The molecule has 0 saturated carbocycles. The maximum atomic E-state index is 13.3. The van der Waals surface area contributed by atoms with Gasteiger partial charge in [-0.3, -0.25) is 8.98 Å². The fourth-order valence-electron chi connectivity index (χ4n) is 3.05. The fourth-order valence-corrected chi connectivity index (χ4v) is 3.99. The van der Waals surface area contributed by atoms with Crippen LogP contribution in [0.5, 0.6) is 0 Å². The summed E-state index contributed by atoms with van der Waals surface area (Å²) in [5, 5.41) is 0. The second-order valence-corrected chi connectivity index (χ2v) is 8.55. The number of aryl methyl sites for hydroxylation is 2. The van der Waals surface area contributed by atoms with Gasteiger partial charge in [0.25, 0.3) is 10.1 Å². The number of hydrogen-bond acceptors (Lipinski definition) is 4. The van der Waals surface area contributed by atoms with Crippen LogP contribution in [-0.2, 0) is 20.7 Å². The van der Waals surface area contributed by atoms with Crippen molar-refractivity contribution in [1.29, 1.82) is 0 Å². The molecule has 1 amide bonds. The predicted octanol–water partition coefficient (Wildman–Crippen LogP) is 4.24. The van der Waals surface area contributed by atoms with Crippen molar-refractivity contribution >= 4 is 16.0 Å². The zero-order valence-corrected chi connectivity index (χ0v) is 17.3. The van der Waals surface area contributed by atoms with Gasteiger partial charge in [0, 0.05) is 5.56 Å². The third-order valence-corrected chi connectivity index (χ3v) is 6.01. The second-order valence-electron chi connectivity index (χ2n) is 6.94. The minimum Gasteiger partial charge on any atom is -0.366 e. The number of carbonyl (C=O) groups is 1. The molecule has 3 rings (SSSR count). The number of amides is 1. The average Bonchev–Trinajstić information content (AvgIpc) is 2.72. The Morgan fingerprint density at radius 2 is 1.67 bits per heavy atom. The minimum atomic E-state index is -3.82. The van der Waals surface area contributed by atoms with E-state index in [1.54, 1.807) is 42.5 Å². The number of rotatable bonds is 8. The van der Waals surface area contributed by atoms with Crippen molar-refractivity contribution in [3.05, 3.63) is 89.2 Å². The van der Waals surface area contributed by atoms with Gasteiger partial charge in [-0.05, 0) is 72.9 Å². The van der Waals surface area contributed by atoms with E-state index in [-0.39, 0.29) is 17.3 Å². The molecular weight excluding hydrogens is 405 g/mol. The summed E-state index contributed by atoms with van der Waals surface area (Å²) >= 11 is 0. The molecule has 0 aliphatic heterocycles. The number of hydrogen-bond donors (Lipinski definition) is 1. The van der Waals surface area contributed by atoms with Crippen LogP contribution in [0.15, 0.2) is 71.6 Å². The molecule has 5 nitrogen and oxygen atoms in total. The van der Waals surface area contributed by atoms with Crippen molar-refractivity contribution in [2.45, 2.75) is 24.7 Å². The van der Waals surface area contributed by atoms with E-state index < -0.39 is 16.0 Å². The summed E-state index contributed by atoms with van der Waals surface area (Å²) < 4.78 is 43.0. The fraction of sp³-hybridized carbons (Fsp3) is 0.174. The van der Waals surface area contributed by atoms with E-state index in [0.29, 0.717) is 18.4 Å². The van der Waals surface area contributed by atoms with Gasteiger partial charge in [0.1, 0.15) is 5.82 Å². The molecule has 7 heteroatoms. The van der Waals surface area contributed by atoms with E-state index in [0.717, 1.165) is 22.3 Å². The van der Waals surface area contributed by atoms with Crippen molar-refractivity contribution in [3.63, 3.8) is 0 Å². The molecule has 0 bridgehead atoms. The molecule has 3 aromatic carbocycles. The van der Waals surface area contributed by atoms with Crippen LogP contribution in [-0.4, -0.2) is 20.9 Å². The Bertz CT molecular complexity index is 1140. The molecule has 0 heterocycles. The Morgan fingerprint density at radius 1 is 1.00 bits per heavy atom. The molecule has 0 aliphatic carbocycles.